The number of aryl methyl sites for hydroxylation is 1. The van der Waals surface area contributed by atoms with Gasteiger partial charge in [-0.25, -0.2) is 4.79 Å². The molecule has 1 aliphatic heterocycles. The fraction of sp³-hybridized carbons (Fsp3) is 0.444. The van der Waals surface area contributed by atoms with E-state index in [1.807, 2.05) is 24.9 Å². The van der Waals surface area contributed by atoms with Crippen LogP contribution in [0, 0.1) is 6.92 Å². The Hall–Kier alpha value is -3.64. The van der Waals surface area contributed by atoms with Crippen molar-refractivity contribution >= 4 is 32.9 Å². The van der Waals surface area contributed by atoms with Crippen molar-refractivity contribution in [3.8, 4) is 5.75 Å². The summed E-state index contributed by atoms with van der Waals surface area (Å²) in [5.41, 5.74) is 1.92. The number of carboxylic acid groups (broad SMARTS) is 1. The predicted molar refractivity (Wildman–Crippen MR) is 146 cm³/mol. The molecule has 0 spiro atoms. The van der Waals surface area contributed by atoms with Gasteiger partial charge in [-0.2, -0.15) is 17.6 Å². The molecule has 210 valence electrons. The molecule has 1 aromatic heterocycles. The average Bonchev–Trinajstić information content (AvgIpc) is 3.26. The quantitative estimate of drug-likeness (QED) is 0.426. The number of benzene rings is 2. The maximum atomic E-state index is 13.6. The van der Waals surface area contributed by atoms with Gasteiger partial charge in [0.1, 0.15) is 11.9 Å². The molecule has 1 N–H and O–H groups in total. The third kappa shape index (κ3) is 6.51. The number of likely N-dealkylation sites (tertiary alicyclic amines) is 1. The molecule has 2 amide bonds. The highest BCUT2D eigenvalue weighted by atomic mass is 32.2. The molecule has 1 fully saturated rings. The van der Waals surface area contributed by atoms with Gasteiger partial charge in [0.05, 0.1) is 16.1 Å². The van der Waals surface area contributed by atoms with Crippen LogP contribution in [0.3, 0.4) is 0 Å². The lowest BCUT2D eigenvalue weighted by atomic mass is 10.1. The summed E-state index contributed by atoms with van der Waals surface area (Å²) in [4.78, 5) is 27.8. The average molecular weight is 558 g/mol. The maximum absolute atomic E-state index is 13.6. The molecule has 0 saturated carbocycles. The fourth-order valence-corrected chi connectivity index (χ4v) is 5.85. The van der Waals surface area contributed by atoms with Gasteiger partial charge >= 0.3 is 6.09 Å². The number of amides is 2. The third-order valence-corrected chi connectivity index (χ3v) is 8.60. The van der Waals surface area contributed by atoms with E-state index in [2.05, 4.69) is 5.10 Å². The third-order valence-electron chi connectivity index (χ3n) is 7.00. The molecule has 0 bridgehead atoms. The number of nitrogens with zero attached hydrogens (tertiary/aromatic N) is 5. The number of fused-ring (bicyclic) bond motifs is 1. The molecule has 39 heavy (non-hydrogen) atoms. The second-order valence-corrected chi connectivity index (χ2v) is 11.8. The molecular weight excluding hydrogens is 522 g/mol. The molecule has 12 heteroatoms. The number of piperidine rings is 1. The van der Waals surface area contributed by atoms with Crippen LogP contribution in [0.1, 0.15) is 31.0 Å². The van der Waals surface area contributed by atoms with Gasteiger partial charge in [0.2, 0.25) is 5.91 Å². The standard InChI is InChI=1S/C27H35N5O6S/c1-19-5-8-23(9-6-19)39(36,37)32-26-10-7-22(38-21-11-13-31(14-12-21)20(2)33)17-24(26)25(28-32)18-29(3)15-16-30(4)27(34)35/h5-10,17,21H,11-16,18H2,1-4H3,(H,34,35). The zero-order valence-electron chi connectivity index (χ0n) is 22.7. The SMILES string of the molecule is CC(=O)N1CCC(Oc2ccc3c(c2)c(CN(C)CCN(C)C(=O)O)nn3S(=O)(=O)c2ccc(C)cc2)CC1. The molecule has 1 aliphatic rings. The van der Waals surface area contributed by atoms with Crippen LogP contribution in [-0.2, 0) is 21.4 Å². The Labute approximate surface area is 228 Å². The second-order valence-electron chi connectivity index (χ2n) is 10.1. The van der Waals surface area contributed by atoms with Crippen molar-refractivity contribution in [3.63, 3.8) is 0 Å². The largest absolute Gasteiger partial charge is 0.490 e. The number of carbonyl (C=O) groups is 2. The van der Waals surface area contributed by atoms with Gasteiger partial charge in [-0.1, -0.05) is 17.7 Å². The van der Waals surface area contributed by atoms with Crippen molar-refractivity contribution < 1.29 is 27.9 Å². The monoisotopic (exact) mass is 557 g/mol. The molecule has 2 heterocycles. The Morgan fingerprint density at radius 1 is 1.08 bits per heavy atom. The summed E-state index contributed by atoms with van der Waals surface area (Å²) in [6.45, 7) is 5.76. The highest BCUT2D eigenvalue weighted by Gasteiger charge is 2.26. The fourth-order valence-electron chi connectivity index (χ4n) is 4.55. The van der Waals surface area contributed by atoms with E-state index in [1.165, 1.54) is 11.9 Å². The van der Waals surface area contributed by atoms with E-state index in [-0.39, 0.29) is 16.9 Å². The zero-order valence-corrected chi connectivity index (χ0v) is 23.5. The van der Waals surface area contributed by atoms with Crippen LogP contribution in [-0.4, -0.2) is 95.8 Å². The number of aromatic nitrogens is 2. The minimum atomic E-state index is -3.97. The minimum Gasteiger partial charge on any atom is -0.490 e. The van der Waals surface area contributed by atoms with Crippen LogP contribution in [0.2, 0.25) is 0 Å². The molecule has 3 aromatic rings. The Morgan fingerprint density at radius 2 is 1.74 bits per heavy atom. The van der Waals surface area contributed by atoms with Crippen molar-refractivity contribution in [2.24, 2.45) is 0 Å². The number of hydrogen-bond acceptors (Lipinski definition) is 7. The van der Waals surface area contributed by atoms with Crippen LogP contribution in [0.4, 0.5) is 4.79 Å². The summed E-state index contributed by atoms with van der Waals surface area (Å²) in [7, 11) is -0.635. The van der Waals surface area contributed by atoms with Crippen LogP contribution in [0.5, 0.6) is 5.75 Å². The highest BCUT2D eigenvalue weighted by Crippen LogP contribution is 2.29. The number of hydrogen-bond donors (Lipinski definition) is 1. The first kappa shape index (κ1) is 28.4. The van der Waals surface area contributed by atoms with Gasteiger partial charge in [-0.3, -0.25) is 9.69 Å². The summed E-state index contributed by atoms with van der Waals surface area (Å²) >= 11 is 0. The van der Waals surface area contributed by atoms with Crippen molar-refractivity contribution in [2.75, 3.05) is 40.3 Å². The first-order chi connectivity index (χ1) is 18.5. The number of ether oxygens (including phenoxy) is 1. The molecule has 0 radical (unpaired) electrons. The van der Waals surface area contributed by atoms with Gasteiger partial charge in [-0.15, -0.1) is 0 Å². The van der Waals surface area contributed by atoms with E-state index in [9.17, 15) is 18.0 Å². The van der Waals surface area contributed by atoms with Crippen LogP contribution < -0.4 is 4.74 Å². The summed E-state index contributed by atoms with van der Waals surface area (Å²) < 4.78 is 34.5. The van der Waals surface area contributed by atoms with Gasteiger partial charge in [-0.05, 0) is 44.3 Å². The summed E-state index contributed by atoms with van der Waals surface area (Å²) in [5.74, 6) is 0.658. The van der Waals surface area contributed by atoms with Gasteiger partial charge in [0.25, 0.3) is 10.0 Å². The van der Waals surface area contributed by atoms with E-state index in [1.54, 1.807) is 48.2 Å². The van der Waals surface area contributed by atoms with E-state index in [4.69, 9.17) is 9.84 Å². The zero-order chi connectivity index (χ0) is 28.3. The van der Waals surface area contributed by atoms with Gasteiger partial charge in [0, 0.05) is 64.9 Å². The summed E-state index contributed by atoms with van der Waals surface area (Å²) in [6, 6.07) is 11.9. The van der Waals surface area contributed by atoms with Crippen LogP contribution >= 0.6 is 0 Å². The number of carbonyl (C=O) groups excluding carboxylic acids is 1. The van der Waals surface area contributed by atoms with Crippen molar-refractivity contribution in [1.82, 2.24) is 23.9 Å². The van der Waals surface area contributed by atoms with E-state index >= 15 is 0 Å². The minimum absolute atomic E-state index is 0.0536. The molecule has 0 aliphatic carbocycles. The number of likely N-dealkylation sites (N-methyl/N-ethyl adjacent to an activating group) is 2. The maximum Gasteiger partial charge on any atom is 0.407 e. The molecule has 0 unspecified atom stereocenters. The first-order valence-corrected chi connectivity index (χ1v) is 14.3. The Bertz CT molecular complexity index is 1450. The van der Waals surface area contributed by atoms with Crippen molar-refractivity contribution in [1.29, 1.82) is 0 Å². The predicted octanol–water partition coefficient (Wildman–Crippen LogP) is 3.01. The molecule has 1 saturated heterocycles. The topological polar surface area (TPSA) is 125 Å². The number of rotatable bonds is 9. The van der Waals surface area contributed by atoms with Crippen LogP contribution in [0.15, 0.2) is 47.4 Å². The van der Waals surface area contributed by atoms with Gasteiger partial charge < -0.3 is 19.6 Å². The van der Waals surface area contributed by atoms with E-state index < -0.39 is 16.1 Å². The normalized spacial score (nSPS) is 14.6. The second kappa shape index (κ2) is 11.6. The molecule has 2 aromatic carbocycles. The van der Waals surface area contributed by atoms with Gasteiger partial charge in [0.15, 0.2) is 0 Å². The molecule has 11 nitrogen and oxygen atoms in total. The lowest BCUT2D eigenvalue weighted by molar-refractivity contribution is -0.130. The molecule has 4 rings (SSSR count). The highest BCUT2D eigenvalue weighted by molar-refractivity contribution is 7.90. The van der Waals surface area contributed by atoms with E-state index in [0.29, 0.717) is 67.9 Å². The lowest BCUT2D eigenvalue weighted by Gasteiger charge is -2.31. The Morgan fingerprint density at radius 3 is 2.36 bits per heavy atom. The Balaban J connectivity index is 1.65. The molecule has 0 atom stereocenters. The van der Waals surface area contributed by atoms with Crippen LogP contribution in [0.25, 0.3) is 10.9 Å². The Kier molecular flexibility index (Phi) is 8.45. The van der Waals surface area contributed by atoms with Crippen molar-refractivity contribution in [2.45, 2.75) is 44.2 Å². The summed E-state index contributed by atoms with van der Waals surface area (Å²) in [6.07, 6.45) is 0.358. The van der Waals surface area contributed by atoms with E-state index in [0.717, 1.165) is 9.65 Å². The van der Waals surface area contributed by atoms with Crippen molar-refractivity contribution in [3.05, 3.63) is 53.7 Å². The molecular formula is C27H35N5O6S. The smallest absolute Gasteiger partial charge is 0.407 e. The lowest BCUT2D eigenvalue weighted by Crippen LogP contribution is -2.40. The summed E-state index contributed by atoms with van der Waals surface area (Å²) in [5, 5.41) is 14.3. The first-order valence-electron chi connectivity index (χ1n) is 12.8.